The van der Waals surface area contributed by atoms with Crippen molar-refractivity contribution in [1.82, 2.24) is 5.32 Å². The lowest BCUT2D eigenvalue weighted by Gasteiger charge is -2.29. The number of carbonyl (C=O) groups excluding carboxylic acids is 1. The van der Waals surface area contributed by atoms with Crippen LogP contribution in [0.2, 0.25) is 0 Å². The van der Waals surface area contributed by atoms with Gasteiger partial charge in [0.05, 0.1) is 11.4 Å². The summed E-state index contributed by atoms with van der Waals surface area (Å²) in [6, 6.07) is 5.87. The second-order valence-corrected chi connectivity index (χ2v) is 5.96. The molecule has 0 heterocycles. The molecule has 0 radical (unpaired) electrons. The number of nitrogen functional groups attached to an aromatic ring is 1. The number of hydrogen-bond donors (Lipinski definition) is 3. The molecule has 4 N–H and O–H groups in total. The Labute approximate surface area is 114 Å². The Morgan fingerprint density at radius 3 is 2.68 bits per heavy atom. The van der Waals surface area contributed by atoms with Gasteiger partial charge in [-0.2, -0.15) is 0 Å². The van der Waals surface area contributed by atoms with E-state index in [2.05, 4.69) is 24.5 Å². The smallest absolute Gasteiger partial charge is 0.251 e. The SMILES string of the molecule is CNC(=O)c1ccc(NC2CCCC2(C)C)c(N)c1. The molecule has 1 fully saturated rings. The fourth-order valence-corrected chi connectivity index (χ4v) is 2.76. The second kappa shape index (κ2) is 5.11. The lowest BCUT2D eigenvalue weighted by atomic mass is 9.87. The van der Waals surface area contributed by atoms with Crippen LogP contribution in [0, 0.1) is 5.41 Å². The zero-order chi connectivity index (χ0) is 14.0. The molecule has 1 aromatic rings. The van der Waals surface area contributed by atoms with Crippen LogP contribution in [0.4, 0.5) is 11.4 Å². The van der Waals surface area contributed by atoms with Crippen LogP contribution >= 0.6 is 0 Å². The van der Waals surface area contributed by atoms with Gasteiger partial charge in [-0.15, -0.1) is 0 Å². The maximum atomic E-state index is 11.5. The summed E-state index contributed by atoms with van der Waals surface area (Å²) in [5, 5.41) is 6.13. The summed E-state index contributed by atoms with van der Waals surface area (Å²) >= 11 is 0. The molecule has 4 heteroatoms. The summed E-state index contributed by atoms with van der Waals surface area (Å²) in [6.07, 6.45) is 3.66. The van der Waals surface area contributed by atoms with Gasteiger partial charge in [-0.1, -0.05) is 20.3 Å². The van der Waals surface area contributed by atoms with Crippen molar-refractivity contribution in [3.8, 4) is 0 Å². The minimum Gasteiger partial charge on any atom is -0.397 e. The molecule has 0 aromatic heterocycles. The van der Waals surface area contributed by atoms with Crippen LogP contribution in [0.15, 0.2) is 18.2 Å². The molecule has 1 atom stereocenters. The predicted molar refractivity (Wildman–Crippen MR) is 79.3 cm³/mol. The highest BCUT2D eigenvalue weighted by Gasteiger charge is 2.34. The minimum absolute atomic E-state index is 0.112. The Morgan fingerprint density at radius 1 is 1.42 bits per heavy atom. The Kier molecular flexibility index (Phi) is 3.69. The summed E-state index contributed by atoms with van der Waals surface area (Å²) in [7, 11) is 1.62. The average Bonchev–Trinajstić information content (AvgIpc) is 2.70. The normalized spacial score (nSPS) is 21.1. The third kappa shape index (κ3) is 2.83. The van der Waals surface area contributed by atoms with Crippen LogP contribution in [-0.2, 0) is 0 Å². The van der Waals surface area contributed by atoms with Gasteiger partial charge in [-0.25, -0.2) is 0 Å². The molecule has 1 unspecified atom stereocenters. The fraction of sp³-hybridized carbons (Fsp3) is 0.533. The second-order valence-electron chi connectivity index (χ2n) is 5.96. The molecule has 1 aliphatic rings. The van der Waals surface area contributed by atoms with E-state index in [4.69, 9.17) is 5.73 Å². The van der Waals surface area contributed by atoms with Crippen LogP contribution in [0.25, 0.3) is 0 Å². The van der Waals surface area contributed by atoms with E-state index < -0.39 is 0 Å². The van der Waals surface area contributed by atoms with Gasteiger partial charge in [-0.3, -0.25) is 4.79 Å². The maximum Gasteiger partial charge on any atom is 0.251 e. The first-order valence-corrected chi connectivity index (χ1v) is 6.82. The van der Waals surface area contributed by atoms with Gasteiger partial charge in [-0.05, 0) is 36.5 Å². The van der Waals surface area contributed by atoms with E-state index in [0.29, 0.717) is 22.7 Å². The van der Waals surface area contributed by atoms with Crippen LogP contribution in [0.3, 0.4) is 0 Å². The molecule has 1 amide bonds. The van der Waals surface area contributed by atoms with Gasteiger partial charge >= 0.3 is 0 Å². The largest absolute Gasteiger partial charge is 0.397 e. The van der Waals surface area contributed by atoms with Gasteiger partial charge in [0.2, 0.25) is 0 Å². The molecule has 0 bridgehead atoms. The van der Waals surface area contributed by atoms with Gasteiger partial charge in [0.1, 0.15) is 0 Å². The Balaban J connectivity index is 2.16. The number of anilines is 2. The first-order chi connectivity index (χ1) is 8.94. The predicted octanol–water partition coefficient (Wildman–Crippen LogP) is 2.62. The van der Waals surface area contributed by atoms with E-state index in [1.807, 2.05) is 6.07 Å². The van der Waals surface area contributed by atoms with E-state index in [1.165, 1.54) is 19.3 Å². The number of hydrogen-bond acceptors (Lipinski definition) is 3. The molecule has 1 aliphatic carbocycles. The quantitative estimate of drug-likeness (QED) is 0.733. The molecule has 19 heavy (non-hydrogen) atoms. The van der Waals surface area contributed by atoms with Crippen molar-refractivity contribution in [3.63, 3.8) is 0 Å². The van der Waals surface area contributed by atoms with Crippen LogP contribution < -0.4 is 16.4 Å². The molecule has 0 spiro atoms. The molecule has 1 aromatic carbocycles. The minimum atomic E-state index is -0.112. The number of nitrogens with two attached hydrogens (primary N) is 1. The zero-order valence-electron chi connectivity index (χ0n) is 11.9. The summed E-state index contributed by atoms with van der Waals surface area (Å²) in [5.41, 5.74) is 8.48. The highest BCUT2D eigenvalue weighted by molar-refractivity contribution is 5.95. The number of amides is 1. The number of carbonyl (C=O) groups is 1. The third-order valence-electron chi connectivity index (χ3n) is 4.13. The van der Waals surface area contributed by atoms with Crippen molar-refractivity contribution in [2.45, 2.75) is 39.2 Å². The summed E-state index contributed by atoms with van der Waals surface area (Å²) in [4.78, 5) is 11.5. The Morgan fingerprint density at radius 2 is 2.16 bits per heavy atom. The highest BCUT2D eigenvalue weighted by Crippen LogP contribution is 2.39. The molecule has 0 aliphatic heterocycles. The standard InChI is InChI=1S/C15H23N3O/c1-15(2)8-4-5-13(15)18-12-7-6-10(9-11(12)16)14(19)17-3/h6-7,9,13,18H,4-5,8,16H2,1-3H3,(H,17,19). The average molecular weight is 261 g/mol. The van der Waals surface area contributed by atoms with Crippen molar-refractivity contribution in [1.29, 1.82) is 0 Å². The monoisotopic (exact) mass is 261 g/mol. The number of nitrogens with one attached hydrogen (secondary N) is 2. The molecule has 0 saturated heterocycles. The van der Waals surface area contributed by atoms with Crippen LogP contribution in [0.1, 0.15) is 43.5 Å². The van der Waals surface area contributed by atoms with Crippen molar-refractivity contribution >= 4 is 17.3 Å². The first kappa shape index (κ1) is 13.7. The topological polar surface area (TPSA) is 67.2 Å². The lowest BCUT2D eigenvalue weighted by Crippen LogP contribution is -2.31. The fourth-order valence-electron chi connectivity index (χ4n) is 2.76. The summed E-state index contributed by atoms with van der Waals surface area (Å²) < 4.78 is 0. The van der Waals surface area contributed by atoms with Crippen molar-refractivity contribution in [2.24, 2.45) is 5.41 Å². The van der Waals surface area contributed by atoms with Gasteiger partial charge in [0, 0.05) is 18.7 Å². The maximum absolute atomic E-state index is 11.5. The lowest BCUT2D eigenvalue weighted by molar-refractivity contribution is 0.0963. The molecule has 2 rings (SSSR count). The summed E-state index contributed by atoms with van der Waals surface area (Å²) in [5.74, 6) is -0.112. The van der Waals surface area contributed by atoms with E-state index in [0.717, 1.165) is 5.69 Å². The zero-order valence-corrected chi connectivity index (χ0v) is 11.9. The Hall–Kier alpha value is -1.71. The van der Waals surface area contributed by atoms with Gasteiger partial charge in [0.15, 0.2) is 0 Å². The van der Waals surface area contributed by atoms with E-state index in [-0.39, 0.29) is 5.91 Å². The summed E-state index contributed by atoms with van der Waals surface area (Å²) in [6.45, 7) is 4.57. The van der Waals surface area contributed by atoms with E-state index >= 15 is 0 Å². The highest BCUT2D eigenvalue weighted by atomic mass is 16.1. The number of benzene rings is 1. The van der Waals surface area contributed by atoms with Crippen molar-refractivity contribution < 1.29 is 4.79 Å². The molecule has 1 saturated carbocycles. The number of rotatable bonds is 3. The Bertz CT molecular complexity index is 482. The first-order valence-electron chi connectivity index (χ1n) is 6.82. The van der Waals surface area contributed by atoms with E-state index in [9.17, 15) is 4.79 Å². The third-order valence-corrected chi connectivity index (χ3v) is 4.13. The van der Waals surface area contributed by atoms with Gasteiger partial charge < -0.3 is 16.4 Å². The molecule has 104 valence electrons. The van der Waals surface area contributed by atoms with Gasteiger partial charge in [0.25, 0.3) is 5.91 Å². The van der Waals surface area contributed by atoms with E-state index in [1.54, 1.807) is 19.2 Å². The molecule has 4 nitrogen and oxygen atoms in total. The molecular weight excluding hydrogens is 238 g/mol. The van der Waals surface area contributed by atoms with Crippen molar-refractivity contribution in [3.05, 3.63) is 23.8 Å². The van der Waals surface area contributed by atoms with Crippen LogP contribution in [-0.4, -0.2) is 19.0 Å². The van der Waals surface area contributed by atoms with Crippen LogP contribution in [0.5, 0.6) is 0 Å². The molecular formula is C15H23N3O. The van der Waals surface area contributed by atoms with Crippen molar-refractivity contribution in [2.75, 3.05) is 18.1 Å².